The molecule has 8 heavy (non-hydrogen) atoms. The van der Waals surface area contributed by atoms with Gasteiger partial charge in [0.2, 0.25) is 0 Å². The molecule has 0 radical (unpaired) electrons. The summed E-state index contributed by atoms with van der Waals surface area (Å²) in [6, 6.07) is 0. The lowest BCUT2D eigenvalue weighted by atomic mass is 10.4. The zero-order chi connectivity index (χ0) is 6.41. The Morgan fingerprint density at radius 2 is 2.50 bits per heavy atom. The van der Waals surface area contributed by atoms with E-state index in [1.54, 1.807) is 6.08 Å². The van der Waals surface area contributed by atoms with Crippen molar-refractivity contribution in [2.45, 2.75) is 13.3 Å². The van der Waals surface area contributed by atoms with E-state index in [4.69, 9.17) is 5.14 Å². The van der Waals surface area contributed by atoms with Gasteiger partial charge in [0.05, 0.1) is 0 Å². The van der Waals surface area contributed by atoms with E-state index in [0.29, 0.717) is 0 Å². The molecule has 46 valence electrons. The SMILES string of the molecule is C=C/C(=C\CC)SN. The van der Waals surface area contributed by atoms with Crippen LogP contribution in [-0.4, -0.2) is 0 Å². The van der Waals surface area contributed by atoms with Crippen molar-refractivity contribution in [3.05, 3.63) is 23.6 Å². The van der Waals surface area contributed by atoms with Crippen molar-refractivity contribution >= 4 is 11.9 Å². The van der Waals surface area contributed by atoms with Crippen molar-refractivity contribution in [3.8, 4) is 0 Å². The summed E-state index contributed by atoms with van der Waals surface area (Å²) in [5.41, 5.74) is 0. The molecule has 0 spiro atoms. The second kappa shape index (κ2) is 4.94. The van der Waals surface area contributed by atoms with Crippen LogP contribution in [0.15, 0.2) is 23.6 Å². The van der Waals surface area contributed by atoms with Crippen LogP contribution in [0.5, 0.6) is 0 Å². The molecule has 0 aromatic rings. The predicted molar refractivity (Wildman–Crippen MR) is 40.3 cm³/mol. The van der Waals surface area contributed by atoms with Crippen LogP contribution >= 0.6 is 11.9 Å². The van der Waals surface area contributed by atoms with Crippen LogP contribution in [-0.2, 0) is 0 Å². The molecule has 0 atom stereocenters. The van der Waals surface area contributed by atoms with Gasteiger partial charge in [-0.05, 0) is 18.4 Å². The molecule has 2 heteroatoms. The Morgan fingerprint density at radius 3 is 2.62 bits per heavy atom. The number of hydrogen-bond donors (Lipinski definition) is 1. The molecule has 0 amide bonds. The number of allylic oxidation sites excluding steroid dienone is 2. The summed E-state index contributed by atoms with van der Waals surface area (Å²) in [6.45, 7) is 5.65. The molecule has 0 unspecified atom stereocenters. The van der Waals surface area contributed by atoms with Crippen molar-refractivity contribution in [1.29, 1.82) is 0 Å². The van der Waals surface area contributed by atoms with E-state index in [0.717, 1.165) is 11.3 Å². The molecule has 0 aliphatic carbocycles. The molecule has 0 saturated carbocycles. The van der Waals surface area contributed by atoms with E-state index in [-0.39, 0.29) is 0 Å². The van der Waals surface area contributed by atoms with Gasteiger partial charge in [-0.2, -0.15) is 0 Å². The Labute approximate surface area is 54.8 Å². The maximum atomic E-state index is 5.25. The zero-order valence-electron chi connectivity index (χ0n) is 5.05. The van der Waals surface area contributed by atoms with Crippen LogP contribution in [0.1, 0.15) is 13.3 Å². The van der Waals surface area contributed by atoms with Crippen LogP contribution in [0.2, 0.25) is 0 Å². The summed E-state index contributed by atoms with van der Waals surface area (Å²) in [5, 5.41) is 5.25. The first-order valence-electron chi connectivity index (χ1n) is 2.54. The van der Waals surface area contributed by atoms with Gasteiger partial charge in [0, 0.05) is 4.91 Å². The van der Waals surface area contributed by atoms with Crippen LogP contribution in [0.3, 0.4) is 0 Å². The number of nitrogens with two attached hydrogens (primary N) is 1. The molecule has 0 saturated heterocycles. The van der Waals surface area contributed by atoms with E-state index in [1.165, 1.54) is 11.9 Å². The second-order valence-electron chi connectivity index (χ2n) is 1.34. The predicted octanol–water partition coefficient (Wildman–Crippen LogP) is 2.07. The van der Waals surface area contributed by atoms with Gasteiger partial charge in [-0.3, -0.25) is 5.14 Å². The summed E-state index contributed by atoms with van der Waals surface area (Å²) in [7, 11) is 0. The second-order valence-corrected chi connectivity index (χ2v) is 2.04. The van der Waals surface area contributed by atoms with E-state index in [2.05, 4.69) is 13.5 Å². The van der Waals surface area contributed by atoms with Gasteiger partial charge in [-0.25, -0.2) is 0 Å². The molecule has 0 bridgehead atoms. The minimum Gasteiger partial charge on any atom is -0.274 e. The molecule has 0 fully saturated rings. The van der Waals surface area contributed by atoms with E-state index < -0.39 is 0 Å². The van der Waals surface area contributed by atoms with Crippen LogP contribution in [0, 0.1) is 0 Å². The molecular formula is C6H11NS. The van der Waals surface area contributed by atoms with E-state index in [1.807, 2.05) is 6.08 Å². The fourth-order valence-corrected chi connectivity index (χ4v) is 0.740. The van der Waals surface area contributed by atoms with Gasteiger partial charge in [-0.15, -0.1) is 0 Å². The fraction of sp³-hybridized carbons (Fsp3) is 0.333. The highest BCUT2D eigenvalue weighted by Crippen LogP contribution is 2.08. The maximum Gasteiger partial charge on any atom is 0.0179 e. The van der Waals surface area contributed by atoms with Crippen LogP contribution in [0.4, 0.5) is 0 Å². The Hall–Kier alpha value is -0.210. The third-order valence-electron chi connectivity index (χ3n) is 0.743. The molecule has 2 N–H and O–H groups in total. The summed E-state index contributed by atoms with van der Waals surface area (Å²) in [6.07, 6.45) is 4.82. The number of rotatable bonds is 3. The van der Waals surface area contributed by atoms with Crippen molar-refractivity contribution < 1.29 is 0 Å². The number of hydrogen-bond acceptors (Lipinski definition) is 2. The smallest absolute Gasteiger partial charge is 0.0179 e. The normalized spacial score (nSPS) is 11.5. The van der Waals surface area contributed by atoms with Crippen molar-refractivity contribution in [3.63, 3.8) is 0 Å². The Morgan fingerprint density at radius 1 is 1.88 bits per heavy atom. The van der Waals surface area contributed by atoms with Gasteiger partial charge >= 0.3 is 0 Å². The highest BCUT2D eigenvalue weighted by atomic mass is 32.2. The summed E-state index contributed by atoms with van der Waals surface area (Å²) >= 11 is 1.24. The minimum atomic E-state index is 1.02. The lowest BCUT2D eigenvalue weighted by molar-refractivity contribution is 1.22. The molecular weight excluding hydrogens is 118 g/mol. The molecule has 1 nitrogen and oxygen atoms in total. The van der Waals surface area contributed by atoms with Crippen molar-refractivity contribution in [1.82, 2.24) is 0 Å². The van der Waals surface area contributed by atoms with Gasteiger partial charge in [0.1, 0.15) is 0 Å². The molecule has 0 aromatic carbocycles. The molecule has 0 rings (SSSR count). The summed E-state index contributed by atoms with van der Waals surface area (Å²) < 4.78 is 0. The lowest BCUT2D eigenvalue weighted by Gasteiger charge is -1.90. The van der Waals surface area contributed by atoms with Gasteiger partial charge < -0.3 is 0 Å². The average molecular weight is 129 g/mol. The van der Waals surface area contributed by atoms with Crippen LogP contribution in [0.25, 0.3) is 0 Å². The summed E-state index contributed by atoms with van der Waals surface area (Å²) in [4.78, 5) is 1.05. The standard InChI is InChI=1S/C6H11NS/c1-3-5-6(4-2)8-7/h4-5H,2-3,7H2,1H3/b6-5+. The highest BCUT2D eigenvalue weighted by molar-refractivity contribution is 8.01. The van der Waals surface area contributed by atoms with Crippen molar-refractivity contribution in [2.24, 2.45) is 5.14 Å². The van der Waals surface area contributed by atoms with Gasteiger partial charge in [-0.1, -0.05) is 25.7 Å². The Bertz CT molecular complexity index is 96.7. The average Bonchev–Trinajstić information content (AvgIpc) is 1.83. The molecule has 0 aliphatic heterocycles. The summed E-state index contributed by atoms with van der Waals surface area (Å²) in [5.74, 6) is 0. The highest BCUT2D eigenvalue weighted by Gasteiger charge is 1.82. The first kappa shape index (κ1) is 7.79. The monoisotopic (exact) mass is 129 g/mol. The molecule has 0 aromatic heterocycles. The molecule has 0 aliphatic rings. The quantitative estimate of drug-likeness (QED) is 0.466. The van der Waals surface area contributed by atoms with E-state index >= 15 is 0 Å². The third-order valence-corrected chi connectivity index (χ3v) is 1.35. The van der Waals surface area contributed by atoms with Crippen LogP contribution < -0.4 is 5.14 Å². The Balaban J connectivity index is 3.66. The third kappa shape index (κ3) is 2.88. The zero-order valence-corrected chi connectivity index (χ0v) is 5.87. The topological polar surface area (TPSA) is 26.0 Å². The molecule has 0 heterocycles. The van der Waals surface area contributed by atoms with E-state index in [9.17, 15) is 0 Å². The first-order chi connectivity index (χ1) is 3.85. The maximum absolute atomic E-state index is 5.25. The lowest BCUT2D eigenvalue weighted by Crippen LogP contribution is -1.77. The van der Waals surface area contributed by atoms with Crippen molar-refractivity contribution in [2.75, 3.05) is 0 Å². The minimum absolute atomic E-state index is 1.02. The van der Waals surface area contributed by atoms with Gasteiger partial charge in [0.15, 0.2) is 0 Å². The largest absolute Gasteiger partial charge is 0.274 e. The Kier molecular flexibility index (Phi) is 4.81. The van der Waals surface area contributed by atoms with Gasteiger partial charge in [0.25, 0.3) is 0 Å². The first-order valence-corrected chi connectivity index (χ1v) is 3.42. The fourth-order valence-electron chi connectivity index (χ4n) is 0.381.